The number of hydrogen-bond donors (Lipinski definition) is 1. The summed E-state index contributed by atoms with van der Waals surface area (Å²) in [5.74, 6) is -2.05. The van der Waals surface area contributed by atoms with Crippen molar-refractivity contribution in [3.05, 3.63) is 23.8 Å². The Morgan fingerprint density at radius 3 is 1.90 bits per heavy atom. The van der Waals surface area contributed by atoms with Gasteiger partial charge in [-0.2, -0.15) is 0 Å². The van der Waals surface area contributed by atoms with Crippen LogP contribution < -0.4 is 0 Å². The monoisotopic (exact) mass is 1110 g/mol. The number of fused-ring (bicyclic) bond motifs is 3. The van der Waals surface area contributed by atoms with Gasteiger partial charge in [-0.1, -0.05) is 43.7 Å². The SMILES string of the molecule is C=CCCC1OC(=O)C2C(=O)[C@]3(O)C[C@H](OP(P(P)P(P)P)P(P(P)P)P(P)P)C(C)=C([C@H](OP(P(P)P)P(PP)P(P)P)C[C@]12C)C3(C)C. The van der Waals surface area contributed by atoms with Gasteiger partial charge in [0, 0.05) is 38.2 Å². The first-order chi connectivity index (χ1) is 23.0. The van der Waals surface area contributed by atoms with Gasteiger partial charge in [0.05, 0.1) is 27.3 Å². The Morgan fingerprint density at radius 2 is 1.44 bits per heavy atom. The second kappa shape index (κ2) is 22.8. The summed E-state index contributed by atoms with van der Waals surface area (Å²) in [5.41, 5.74) is -1.68. The van der Waals surface area contributed by atoms with Crippen molar-refractivity contribution in [3.63, 3.8) is 0 Å². The lowest BCUT2D eigenvalue weighted by atomic mass is 9.51. The summed E-state index contributed by atoms with van der Waals surface area (Å²) in [6.45, 7) is 8.23. The van der Waals surface area contributed by atoms with Gasteiger partial charge in [-0.05, 0) is 72.3 Å². The van der Waals surface area contributed by atoms with Gasteiger partial charge in [0.15, 0.2) is 5.78 Å². The number of esters is 1. The van der Waals surface area contributed by atoms with E-state index in [0.29, 0.717) is 27.2 Å². The highest BCUT2D eigenvalue weighted by molar-refractivity contribution is 9.19. The van der Waals surface area contributed by atoms with Gasteiger partial charge in [0.1, 0.15) is 17.6 Å². The molecule has 23 atom stereocenters. The molecule has 0 aromatic heterocycles. The van der Waals surface area contributed by atoms with Gasteiger partial charge in [0.2, 0.25) is 0 Å². The van der Waals surface area contributed by atoms with Crippen LogP contribution >= 0.6 is 186 Å². The Labute approximate surface area is 341 Å². The third-order valence-electron chi connectivity index (χ3n) is 9.35. The Kier molecular flexibility index (Phi) is 24.1. The van der Waals surface area contributed by atoms with Gasteiger partial charge < -0.3 is 18.9 Å². The van der Waals surface area contributed by atoms with Crippen molar-refractivity contribution < 1.29 is 28.5 Å². The maximum atomic E-state index is 15.1. The minimum atomic E-state index is -1.86. The third-order valence-corrected chi connectivity index (χ3v) is 127. The van der Waals surface area contributed by atoms with Crippen LogP contribution in [0.2, 0.25) is 0 Å². The van der Waals surface area contributed by atoms with Crippen molar-refractivity contribution in [2.75, 3.05) is 0 Å². The van der Waals surface area contributed by atoms with E-state index in [1.54, 1.807) is 0 Å². The van der Waals surface area contributed by atoms with Crippen molar-refractivity contribution in [3.8, 4) is 0 Å². The maximum absolute atomic E-state index is 15.1. The average molecular weight is 1110 g/mol. The smallest absolute Gasteiger partial charge is 0.317 e. The molecule has 288 valence electrons. The Bertz CT molecular complexity index is 1260. The molecule has 3 aliphatic rings. The fraction of sp³-hybridized carbons (Fsp3) is 0.714. The number of allylic oxidation sites excluding steroid dienone is 1. The largest absolute Gasteiger partial charge is 0.461 e. The van der Waals surface area contributed by atoms with Crippen LogP contribution in [0.5, 0.6) is 0 Å². The van der Waals surface area contributed by atoms with Gasteiger partial charge in [-0.25, -0.2) is 0 Å². The van der Waals surface area contributed by atoms with E-state index in [9.17, 15) is 9.90 Å². The number of hydrogen-bond acceptors (Lipinski definition) is 6. The van der Waals surface area contributed by atoms with Crippen molar-refractivity contribution in [1.29, 1.82) is 0 Å². The lowest BCUT2D eigenvalue weighted by Gasteiger charge is -2.56. The summed E-state index contributed by atoms with van der Waals surface area (Å²) in [6, 6.07) is 0. The molecular weight excluding hydrogens is 1060 g/mol. The van der Waals surface area contributed by atoms with Crippen LogP contribution in [0.4, 0.5) is 0 Å². The van der Waals surface area contributed by atoms with E-state index in [2.05, 4.69) is 121 Å². The summed E-state index contributed by atoms with van der Waals surface area (Å²) in [5, 5.41) is 13.1. The number of ketones is 1. The molecule has 29 heteroatoms. The number of carbonyl (C=O) groups is 2. The highest BCUT2D eigenvalue weighted by Crippen LogP contribution is 3.18. The molecule has 1 saturated heterocycles. The molecule has 0 amide bonds. The zero-order valence-corrected chi connectivity index (χ0v) is 52.1. The molecule has 1 saturated carbocycles. The standard InChI is InChI=1S/C21H53O6P23/c1-6-7-8-14-20(5)9-13(27-41(43(29)30)49(40-28)45(33)34)15-11(2)12(26-42(48(39)44(31)32)50(46(35)36)47(37)38)10-21(24,19(15,3)4)17(22)16(20)18(23)25-14/h6,12-14,16,24,40H,1,7-10,28-39H2,2-5H3/t12-,13+,14?,16?,20+,21+,41?,42?,48?,49?/m0/s1. The summed E-state index contributed by atoms with van der Waals surface area (Å²) >= 11 is 0. The van der Waals surface area contributed by atoms with Crippen molar-refractivity contribution >= 4 is 198 Å². The summed E-state index contributed by atoms with van der Waals surface area (Å²) in [4.78, 5) is 29.0. The van der Waals surface area contributed by atoms with Gasteiger partial charge >= 0.3 is 5.97 Å². The van der Waals surface area contributed by atoms with E-state index >= 15 is 4.79 Å². The molecule has 19 unspecified atom stereocenters. The van der Waals surface area contributed by atoms with Crippen LogP contribution in [-0.2, 0) is 23.4 Å². The molecular formula is C21H53O6P23. The fourth-order valence-electron chi connectivity index (χ4n) is 6.87. The van der Waals surface area contributed by atoms with Gasteiger partial charge in [-0.3, -0.25) is 9.59 Å². The number of aliphatic hydroxyl groups is 1. The molecule has 2 bridgehead atoms. The average Bonchev–Trinajstić information content (AvgIpc) is 3.23. The molecule has 0 radical (unpaired) electrons. The van der Waals surface area contributed by atoms with E-state index in [1.807, 2.05) is 26.8 Å². The number of cyclic esters (lactones) is 1. The fourth-order valence-corrected chi connectivity index (χ4v) is 169. The molecule has 0 aromatic carbocycles. The predicted octanol–water partition coefficient (Wildman–Crippen LogP) is 15.8. The third kappa shape index (κ3) is 11.7. The topological polar surface area (TPSA) is 82.1 Å². The molecule has 50 heavy (non-hydrogen) atoms. The second-order valence-electron chi connectivity index (χ2n) is 12.7. The zero-order valence-electron chi connectivity index (χ0n) is 28.3. The van der Waals surface area contributed by atoms with E-state index in [1.165, 1.54) is 0 Å². The summed E-state index contributed by atoms with van der Waals surface area (Å²) in [6.07, 6.45) is 2.23. The molecule has 1 heterocycles. The van der Waals surface area contributed by atoms with Crippen molar-refractivity contribution in [1.82, 2.24) is 0 Å². The molecule has 0 aromatic rings. The summed E-state index contributed by atoms with van der Waals surface area (Å²) < 4.78 is 21.1. The molecule has 2 aliphatic carbocycles. The Balaban J connectivity index is 2.37. The quantitative estimate of drug-likeness (QED) is 0.0718. The molecule has 1 N–H and O–H groups in total. The van der Waals surface area contributed by atoms with Crippen LogP contribution in [0.15, 0.2) is 23.8 Å². The molecule has 2 fully saturated rings. The molecule has 1 aliphatic heterocycles. The molecule has 6 nitrogen and oxygen atoms in total. The minimum absolute atomic E-state index is 0.105. The highest BCUT2D eigenvalue weighted by Gasteiger charge is 2.69. The number of carbonyl (C=O) groups excluding carboxylic acids is 2. The number of Topliss-reactive ketones (excluding diaryl/α,β-unsaturated/α-hetero) is 1. The van der Waals surface area contributed by atoms with Crippen LogP contribution in [0.25, 0.3) is 0 Å². The van der Waals surface area contributed by atoms with Crippen LogP contribution in [0.3, 0.4) is 0 Å². The van der Waals surface area contributed by atoms with E-state index in [4.69, 9.17) is 13.8 Å². The number of rotatable bonds is 16. The van der Waals surface area contributed by atoms with Crippen molar-refractivity contribution in [2.24, 2.45) is 16.7 Å². The highest BCUT2D eigenvalue weighted by atomic mass is 33.2. The first-order valence-electron chi connectivity index (χ1n) is 14.8. The first-order valence-corrected chi connectivity index (χ1v) is 55.2. The van der Waals surface area contributed by atoms with Crippen LogP contribution in [0.1, 0.15) is 53.4 Å². The van der Waals surface area contributed by atoms with Crippen LogP contribution in [0, 0.1) is 16.7 Å². The number of ether oxygens (including phenoxy) is 1. The normalized spacial score (nSPS) is 32.7. The van der Waals surface area contributed by atoms with E-state index in [-0.39, 0.29) is 6.42 Å². The molecule has 3 rings (SSSR count). The van der Waals surface area contributed by atoms with Crippen molar-refractivity contribution in [2.45, 2.75) is 77.3 Å². The maximum Gasteiger partial charge on any atom is 0.317 e. The van der Waals surface area contributed by atoms with Gasteiger partial charge in [-0.15, -0.1) is 105 Å². The zero-order chi connectivity index (χ0) is 38.3. The lowest BCUT2D eigenvalue weighted by Crippen LogP contribution is -2.64. The first kappa shape index (κ1) is 52.7. The molecule has 0 spiro atoms. The van der Waals surface area contributed by atoms with Gasteiger partial charge in [0.25, 0.3) is 0 Å². The van der Waals surface area contributed by atoms with Crippen LogP contribution in [-0.4, -0.2) is 40.8 Å². The minimum Gasteiger partial charge on any atom is -0.461 e. The van der Waals surface area contributed by atoms with E-state index in [0.717, 1.165) is 11.1 Å². The second-order valence-corrected chi connectivity index (χ2v) is 96.0. The Hall–Kier alpha value is 8.39. The lowest BCUT2D eigenvalue weighted by molar-refractivity contribution is -0.168. The predicted molar refractivity (Wildman–Crippen MR) is 290 cm³/mol. The van der Waals surface area contributed by atoms with E-state index < -0.39 is 123 Å². The summed E-state index contributed by atoms with van der Waals surface area (Å²) in [7, 11) is 35.5. The Morgan fingerprint density at radius 1 is 0.880 bits per heavy atom.